The zero-order valence-corrected chi connectivity index (χ0v) is 17.5. The van der Waals surface area contributed by atoms with Crippen molar-refractivity contribution in [3.05, 3.63) is 76.6 Å². The lowest BCUT2D eigenvalue weighted by molar-refractivity contribution is -0.117. The Labute approximate surface area is 175 Å². The second-order valence-electron chi connectivity index (χ2n) is 6.79. The van der Waals surface area contributed by atoms with Crippen molar-refractivity contribution in [3.63, 3.8) is 0 Å². The van der Waals surface area contributed by atoms with Crippen molar-refractivity contribution in [2.75, 3.05) is 11.6 Å². The molecule has 0 saturated heterocycles. The summed E-state index contributed by atoms with van der Waals surface area (Å²) in [7, 11) is 0. The van der Waals surface area contributed by atoms with Crippen molar-refractivity contribution in [2.24, 2.45) is 0 Å². The largest absolute Gasteiger partial charge is 0.324 e. The minimum atomic E-state index is -0.306. The molecule has 6 heteroatoms. The Balaban J connectivity index is 1.68. The first-order valence-electron chi connectivity index (χ1n) is 9.70. The van der Waals surface area contributed by atoms with Crippen molar-refractivity contribution in [2.45, 2.75) is 37.6 Å². The molecule has 1 aromatic heterocycles. The molecule has 1 N–H and O–H groups in total. The Kier molecular flexibility index (Phi) is 7.25. The van der Waals surface area contributed by atoms with Crippen LogP contribution in [0.2, 0.25) is 0 Å². The van der Waals surface area contributed by atoms with Gasteiger partial charge in [0.25, 0.3) is 5.56 Å². The second-order valence-corrected chi connectivity index (χ2v) is 7.67. The minimum Gasteiger partial charge on any atom is -0.324 e. The first-order valence-corrected chi connectivity index (χ1v) is 10.9. The maximum absolute atomic E-state index is 12.4. The summed E-state index contributed by atoms with van der Waals surface area (Å²) in [6.07, 6.45) is 5.36. The van der Waals surface area contributed by atoms with Crippen LogP contribution in [-0.4, -0.2) is 21.9 Å². The third-order valence-electron chi connectivity index (χ3n) is 4.60. The molecule has 150 valence electrons. The molecule has 0 aliphatic rings. The van der Waals surface area contributed by atoms with E-state index in [4.69, 9.17) is 0 Å². The average molecular weight is 408 g/mol. The summed E-state index contributed by atoms with van der Waals surface area (Å²) in [5, 5.41) is 7.20. The fourth-order valence-corrected chi connectivity index (χ4v) is 3.36. The van der Waals surface area contributed by atoms with E-state index in [1.165, 1.54) is 16.3 Å². The highest BCUT2D eigenvalue weighted by Crippen LogP contribution is 2.20. The zero-order chi connectivity index (χ0) is 20.6. The second kappa shape index (κ2) is 10.1. The van der Waals surface area contributed by atoms with Crippen molar-refractivity contribution in [1.82, 2.24) is 9.78 Å². The number of aryl methyl sites for hydroxylation is 1. The molecule has 1 heterocycles. The molecule has 0 bridgehead atoms. The fraction of sp³-hybridized carbons (Fsp3) is 0.261. The van der Waals surface area contributed by atoms with Gasteiger partial charge in [0.1, 0.15) is 6.54 Å². The molecule has 29 heavy (non-hydrogen) atoms. The summed E-state index contributed by atoms with van der Waals surface area (Å²) in [5.41, 5.74) is 3.22. The van der Waals surface area contributed by atoms with Gasteiger partial charge in [0.2, 0.25) is 5.91 Å². The van der Waals surface area contributed by atoms with Crippen molar-refractivity contribution >= 4 is 23.4 Å². The first kappa shape index (κ1) is 20.9. The van der Waals surface area contributed by atoms with Crippen LogP contribution in [0.4, 0.5) is 5.69 Å². The zero-order valence-electron chi connectivity index (χ0n) is 16.7. The Morgan fingerprint density at radius 2 is 1.76 bits per heavy atom. The van der Waals surface area contributed by atoms with Crippen LogP contribution in [0.1, 0.15) is 25.3 Å². The molecule has 2 aromatic carbocycles. The predicted molar refractivity (Wildman–Crippen MR) is 119 cm³/mol. The number of thioether (sulfide) groups is 1. The highest BCUT2D eigenvalue weighted by Gasteiger charge is 2.09. The lowest BCUT2D eigenvalue weighted by Gasteiger charge is -2.09. The lowest BCUT2D eigenvalue weighted by atomic mass is 10.1. The van der Waals surface area contributed by atoms with E-state index < -0.39 is 0 Å². The molecule has 3 rings (SSSR count). The van der Waals surface area contributed by atoms with Crippen LogP contribution in [0.3, 0.4) is 0 Å². The Morgan fingerprint density at radius 1 is 1.03 bits per heavy atom. The Bertz CT molecular complexity index is 1010. The molecule has 0 atom stereocenters. The first-order chi connectivity index (χ1) is 14.1. The Morgan fingerprint density at radius 3 is 2.41 bits per heavy atom. The van der Waals surface area contributed by atoms with Crippen LogP contribution in [0.15, 0.2) is 70.4 Å². The topological polar surface area (TPSA) is 64.0 Å². The Hall–Kier alpha value is -2.86. The molecule has 0 spiro atoms. The quantitative estimate of drug-likeness (QED) is 0.554. The molecule has 0 radical (unpaired) electrons. The number of hydrogen-bond acceptors (Lipinski definition) is 4. The summed E-state index contributed by atoms with van der Waals surface area (Å²) in [5.74, 6) is -0.282. The van der Waals surface area contributed by atoms with E-state index >= 15 is 0 Å². The maximum atomic E-state index is 12.4. The summed E-state index contributed by atoms with van der Waals surface area (Å²) in [4.78, 5) is 25.7. The number of nitrogens with zero attached hydrogens (tertiary/aromatic N) is 2. The average Bonchev–Trinajstić information content (AvgIpc) is 2.75. The van der Waals surface area contributed by atoms with Gasteiger partial charge in [-0.05, 0) is 55.0 Å². The predicted octanol–water partition coefficient (Wildman–Crippen LogP) is 4.61. The van der Waals surface area contributed by atoms with Crippen LogP contribution in [-0.2, 0) is 17.8 Å². The molecule has 1 amide bonds. The SMILES string of the molecule is CCCCc1ccc(NC(=O)Cn2nc(-c3ccc(SC)cc3)ccc2=O)cc1. The van der Waals surface area contributed by atoms with E-state index in [1.54, 1.807) is 17.8 Å². The number of carbonyl (C=O) groups is 1. The van der Waals surface area contributed by atoms with E-state index in [2.05, 4.69) is 17.3 Å². The van der Waals surface area contributed by atoms with Gasteiger partial charge in [0.05, 0.1) is 5.69 Å². The number of benzene rings is 2. The van der Waals surface area contributed by atoms with Crippen molar-refractivity contribution < 1.29 is 4.79 Å². The lowest BCUT2D eigenvalue weighted by Crippen LogP contribution is -2.29. The van der Waals surface area contributed by atoms with Crippen LogP contribution in [0.5, 0.6) is 0 Å². The van der Waals surface area contributed by atoms with E-state index in [9.17, 15) is 9.59 Å². The third-order valence-corrected chi connectivity index (χ3v) is 5.35. The minimum absolute atomic E-state index is 0.132. The van der Waals surface area contributed by atoms with Crippen molar-refractivity contribution in [1.29, 1.82) is 0 Å². The van der Waals surface area contributed by atoms with Gasteiger partial charge >= 0.3 is 0 Å². The van der Waals surface area contributed by atoms with E-state index in [0.717, 1.165) is 29.7 Å². The standard InChI is InChI=1S/C23H25N3O2S/c1-3-4-5-17-6-10-19(11-7-17)24-22(27)16-26-23(28)15-14-21(25-26)18-8-12-20(29-2)13-9-18/h6-15H,3-5,16H2,1-2H3,(H,24,27). The number of hydrogen-bond donors (Lipinski definition) is 1. The number of anilines is 1. The highest BCUT2D eigenvalue weighted by molar-refractivity contribution is 7.98. The molecule has 5 nitrogen and oxygen atoms in total. The normalized spacial score (nSPS) is 10.7. The van der Waals surface area contributed by atoms with Gasteiger partial charge in [0.15, 0.2) is 0 Å². The van der Waals surface area contributed by atoms with E-state index in [0.29, 0.717) is 11.4 Å². The number of nitrogens with one attached hydrogen (secondary N) is 1. The maximum Gasteiger partial charge on any atom is 0.267 e. The number of rotatable bonds is 8. The van der Waals surface area contributed by atoms with Crippen LogP contribution in [0, 0.1) is 0 Å². The molecule has 0 aliphatic carbocycles. The van der Waals surface area contributed by atoms with Gasteiger partial charge in [-0.2, -0.15) is 5.10 Å². The smallest absolute Gasteiger partial charge is 0.267 e. The van der Waals surface area contributed by atoms with Crippen LogP contribution in [0.25, 0.3) is 11.3 Å². The highest BCUT2D eigenvalue weighted by atomic mass is 32.2. The number of carbonyl (C=O) groups excluding carboxylic acids is 1. The number of unbranched alkanes of at least 4 members (excludes halogenated alkanes) is 1. The number of aromatic nitrogens is 2. The van der Waals surface area contributed by atoms with Gasteiger partial charge in [0, 0.05) is 22.2 Å². The van der Waals surface area contributed by atoms with Gasteiger partial charge in [-0.25, -0.2) is 4.68 Å². The van der Waals surface area contributed by atoms with Crippen molar-refractivity contribution in [3.8, 4) is 11.3 Å². The molecule has 0 aliphatic heterocycles. The molecular formula is C23H25N3O2S. The molecule has 0 saturated carbocycles. The van der Waals surface area contributed by atoms with E-state index in [-0.39, 0.29) is 18.0 Å². The van der Waals surface area contributed by atoms with E-state index in [1.807, 2.05) is 54.8 Å². The van der Waals surface area contributed by atoms with Gasteiger partial charge in [-0.15, -0.1) is 11.8 Å². The summed E-state index contributed by atoms with van der Waals surface area (Å²) < 4.78 is 1.20. The summed E-state index contributed by atoms with van der Waals surface area (Å²) >= 11 is 1.66. The number of amides is 1. The van der Waals surface area contributed by atoms with Gasteiger partial charge < -0.3 is 5.32 Å². The summed E-state index contributed by atoms with van der Waals surface area (Å²) in [6, 6.07) is 18.9. The van der Waals surface area contributed by atoms with Crippen LogP contribution < -0.4 is 10.9 Å². The third kappa shape index (κ3) is 5.81. The molecular weight excluding hydrogens is 382 g/mol. The monoisotopic (exact) mass is 407 g/mol. The van der Waals surface area contributed by atoms with Crippen LogP contribution >= 0.6 is 11.8 Å². The van der Waals surface area contributed by atoms with Gasteiger partial charge in [-0.1, -0.05) is 37.6 Å². The fourth-order valence-electron chi connectivity index (χ4n) is 2.95. The molecule has 0 unspecified atom stereocenters. The molecule has 3 aromatic rings. The molecule has 0 fully saturated rings. The summed E-state index contributed by atoms with van der Waals surface area (Å²) in [6.45, 7) is 2.03. The van der Waals surface area contributed by atoms with Gasteiger partial charge in [-0.3, -0.25) is 9.59 Å².